The lowest BCUT2D eigenvalue weighted by Gasteiger charge is -2.20. The molecule has 4 heteroatoms. The molecular weight excluding hydrogens is 240 g/mol. The van der Waals surface area contributed by atoms with E-state index < -0.39 is 0 Å². The van der Waals surface area contributed by atoms with Gasteiger partial charge in [0.05, 0.1) is 13.3 Å². The van der Waals surface area contributed by atoms with Crippen molar-refractivity contribution in [2.45, 2.75) is 19.5 Å². The minimum atomic E-state index is -0.148. The highest BCUT2D eigenvalue weighted by Crippen LogP contribution is 2.05. The molecule has 100 valence electrons. The first-order chi connectivity index (χ1) is 9.16. The van der Waals surface area contributed by atoms with Crippen LogP contribution >= 0.6 is 0 Å². The maximum Gasteiger partial charge on any atom is 0.282 e. The fraction of sp³-hybridized carbons (Fsp3) is 0.267. The molecule has 0 aliphatic heterocycles. The molecule has 1 unspecified atom stereocenters. The van der Waals surface area contributed by atoms with Crippen molar-refractivity contribution >= 4 is 11.6 Å². The van der Waals surface area contributed by atoms with E-state index in [2.05, 4.69) is 5.32 Å². The van der Waals surface area contributed by atoms with E-state index in [0.717, 1.165) is 16.3 Å². The van der Waals surface area contributed by atoms with Crippen LogP contribution in [-0.2, 0) is 11.3 Å². The van der Waals surface area contributed by atoms with Gasteiger partial charge in [-0.1, -0.05) is 18.2 Å². The Hall–Kier alpha value is -2.07. The summed E-state index contributed by atoms with van der Waals surface area (Å²) in [6, 6.07) is 13.1. The Balaban J connectivity index is 1.91. The Kier molecular flexibility index (Phi) is 4.36. The van der Waals surface area contributed by atoms with Gasteiger partial charge < -0.3 is 14.6 Å². The third-order valence-corrected chi connectivity index (χ3v) is 3.21. The van der Waals surface area contributed by atoms with Crippen LogP contribution in [0.4, 0.5) is 5.69 Å². The van der Waals surface area contributed by atoms with Gasteiger partial charge in [0, 0.05) is 5.69 Å². The largest absolute Gasteiger partial charge is 0.463 e. The summed E-state index contributed by atoms with van der Waals surface area (Å²) >= 11 is 0. The number of carbonyl (C=O) groups excluding carboxylic acids is 1. The molecule has 0 saturated carbocycles. The number of benzene rings is 1. The topological polar surface area (TPSA) is 46.7 Å². The first kappa shape index (κ1) is 13.4. The fourth-order valence-electron chi connectivity index (χ4n) is 1.84. The van der Waals surface area contributed by atoms with E-state index in [1.165, 1.54) is 0 Å². The van der Waals surface area contributed by atoms with Crippen LogP contribution in [0.2, 0.25) is 0 Å². The number of hydrogen-bond donors (Lipinski definition) is 2. The predicted octanol–water partition coefficient (Wildman–Crippen LogP) is 1.32. The van der Waals surface area contributed by atoms with Crippen molar-refractivity contribution < 1.29 is 14.1 Å². The number of likely N-dealkylation sites (N-methyl/N-ethyl adjacent to an activating group) is 1. The molecule has 19 heavy (non-hydrogen) atoms. The number of rotatable bonds is 5. The van der Waals surface area contributed by atoms with Crippen LogP contribution in [0.3, 0.4) is 0 Å². The molecule has 1 aromatic carbocycles. The van der Waals surface area contributed by atoms with Crippen LogP contribution < -0.4 is 10.2 Å². The van der Waals surface area contributed by atoms with Gasteiger partial charge in [-0.2, -0.15) is 0 Å². The molecule has 1 aromatic heterocycles. The van der Waals surface area contributed by atoms with Crippen LogP contribution in [-0.4, -0.2) is 19.0 Å². The minimum Gasteiger partial charge on any atom is -0.463 e. The lowest BCUT2D eigenvalue weighted by atomic mass is 10.2. The Morgan fingerprint density at radius 1 is 1.26 bits per heavy atom. The van der Waals surface area contributed by atoms with Gasteiger partial charge in [-0.3, -0.25) is 4.79 Å². The molecule has 2 N–H and O–H groups in total. The summed E-state index contributed by atoms with van der Waals surface area (Å²) in [7, 11) is 1.98. The number of nitrogens with one attached hydrogen (secondary N) is 2. The SMILES string of the molecule is C[C@@H](C(=O)Nc1ccccc1)[NH+](C)Cc1ccco1. The highest BCUT2D eigenvalue weighted by atomic mass is 16.3. The smallest absolute Gasteiger partial charge is 0.282 e. The number of carbonyl (C=O) groups is 1. The van der Waals surface area contributed by atoms with Gasteiger partial charge in [0.1, 0.15) is 6.54 Å². The van der Waals surface area contributed by atoms with Gasteiger partial charge in [0.2, 0.25) is 0 Å². The zero-order valence-electron chi connectivity index (χ0n) is 11.2. The number of para-hydroxylation sites is 1. The minimum absolute atomic E-state index is 0.00950. The normalized spacial score (nSPS) is 13.8. The number of hydrogen-bond acceptors (Lipinski definition) is 2. The number of furan rings is 1. The zero-order chi connectivity index (χ0) is 13.7. The standard InChI is InChI=1S/C15H18N2O2/c1-12(17(2)11-14-9-6-10-19-14)15(18)16-13-7-4-3-5-8-13/h3-10,12H,11H2,1-2H3,(H,16,18)/p+1/t12-/m0/s1. The van der Waals surface area contributed by atoms with Crippen molar-refractivity contribution in [3.63, 3.8) is 0 Å². The molecule has 0 saturated heterocycles. The summed E-state index contributed by atoms with van der Waals surface area (Å²) in [6.07, 6.45) is 1.65. The van der Waals surface area contributed by atoms with Crippen molar-refractivity contribution in [1.82, 2.24) is 0 Å². The Bertz CT molecular complexity index is 508. The van der Waals surface area contributed by atoms with Crippen molar-refractivity contribution in [2.24, 2.45) is 0 Å². The summed E-state index contributed by atoms with van der Waals surface area (Å²) in [5.41, 5.74) is 0.824. The summed E-state index contributed by atoms with van der Waals surface area (Å²) in [4.78, 5) is 13.2. The average molecular weight is 259 g/mol. The highest BCUT2D eigenvalue weighted by molar-refractivity contribution is 5.93. The van der Waals surface area contributed by atoms with Gasteiger partial charge in [-0.25, -0.2) is 0 Å². The highest BCUT2D eigenvalue weighted by Gasteiger charge is 2.22. The fourth-order valence-corrected chi connectivity index (χ4v) is 1.84. The van der Waals surface area contributed by atoms with Crippen LogP contribution in [0.5, 0.6) is 0 Å². The van der Waals surface area contributed by atoms with Gasteiger partial charge >= 0.3 is 0 Å². The molecule has 0 bridgehead atoms. The first-order valence-corrected chi connectivity index (χ1v) is 6.37. The zero-order valence-corrected chi connectivity index (χ0v) is 11.2. The third-order valence-electron chi connectivity index (χ3n) is 3.21. The summed E-state index contributed by atoms with van der Waals surface area (Å²) in [5, 5.41) is 2.91. The maximum atomic E-state index is 12.1. The van der Waals surface area contributed by atoms with E-state index in [-0.39, 0.29) is 11.9 Å². The predicted molar refractivity (Wildman–Crippen MR) is 73.8 cm³/mol. The molecule has 0 spiro atoms. The van der Waals surface area contributed by atoms with Crippen LogP contribution in [0, 0.1) is 0 Å². The summed E-state index contributed by atoms with van der Waals surface area (Å²) < 4.78 is 5.30. The molecular formula is C15H19N2O2+. The average Bonchev–Trinajstić information content (AvgIpc) is 2.91. The quantitative estimate of drug-likeness (QED) is 0.850. The second-order valence-corrected chi connectivity index (χ2v) is 4.68. The van der Waals surface area contributed by atoms with Gasteiger partial charge in [-0.15, -0.1) is 0 Å². The Labute approximate surface area is 113 Å². The molecule has 0 fully saturated rings. The van der Waals surface area contributed by atoms with Gasteiger partial charge in [0.25, 0.3) is 5.91 Å². The van der Waals surface area contributed by atoms with Crippen molar-refractivity contribution in [1.29, 1.82) is 0 Å². The molecule has 0 aliphatic carbocycles. The summed E-state index contributed by atoms with van der Waals surface area (Å²) in [5.74, 6) is 0.895. The van der Waals surface area contributed by atoms with E-state index in [0.29, 0.717) is 6.54 Å². The monoisotopic (exact) mass is 259 g/mol. The molecule has 2 aromatic rings. The molecule has 2 rings (SSSR count). The van der Waals surface area contributed by atoms with E-state index in [4.69, 9.17) is 4.42 Å². The van der Waals surface area contributed by atoms with Crippen molar-refractivity contribution in [2.75, 3.05) is 12.4 Å². The lowest BCUT2D eigenvalue weighted by Crippen LogP contribution is -3.12. The third kappa shape index (κ3) is 3.69. The van der Waals surface area contributed by atoms with E-state index in [9.17, 15) is 4.79 Å². The van der Waals surface area contributed by atoms with Crippen LogP contribution in [0.1, 0.15) is 12.7 Å². The molecule has 2 atom stereocenters. The maximum absolute atomic E-state index is 12.1. The van der Waals surface area contributed by atoms with Crippen LogP contribution in [0.25, 0.3) is 0 Å². The molecule has 1 heterocycles. The van der Waals surface area contributed by atoms with E-state index >= 15 is 0 Å². The number of amides is 1. The molecule has 0 aliphatic rings. The molecule has 4 nitrogen and oxygen atoms in total. The van der Waals surface area contributed by atoms with Crippen molar-refractivity contribution in [3.8, 4) is 0 Å². The lowest BCUT2D eigenvalue weighted by molar-refractivity contribution is -0.908. The molecule has 0 radical (unpaired) electrons. The number of quaternary nitrogens is 1. The Morgan fingerprint density at radius 2 is 2.00 bits per heavy atom. The molecule has 1 amide bonds. The second kappa shape index (κ2) is 6.20. The summed E-state index contributed by atoms with van der Waals surface area (Å²) in [6.45, 7) is 2.60. The Morgan fingerprint density at radius 3 is 2.63 bits per heavy atom. The first-order valence-electron chi connectivity index (χ1n) is 6.37. The van der Waals surface area contributed by atoms with Crippen molar-refractivity contribution in [3.05, 3.63) is 54.5 Å². The van der Waals surface area contributed by atoms with Gasteiger partial charge in [0.15, 0.2) is 11.8 Å². The second-order valence-electron chi connectivity index (χ2n) is 4.68. The van der Waals surface area contributed by atoms with E-state index in [1.54, 1.807) is 6.26 Å². The number of anilines is 1. The van der Waals surface area contributed by atoms with Gasteiger partial charge in [-0.05, 0) is 31.2 Å². The van der Waals surface area contributed by atoms with E-state index in [1.807, 2.05) is 56.4 Å². The van der Waals surface area contributed by atoms with Crippen LogP contribution in [0.15, 0.2) is 53.1 Å².